The van der Waals surface area contributed by atoms with Gasteiger partial charge in [-0.05, 0) is 44.1 Å². The van der Waals surface area contributed by atoms with Crippen LogP contribution in [0.1, 0.15) is 53.7 Å². The normalized spacial score (nSPS) is 18.4. The number of hydrogen-bond acceptors (Lipinski definition) is 4. The van der Waals surface area contributed by atoms with Crippen molar-refractivity contribution < 1.29 is 9.59 Å². The molecule has 0 aliphatic carbocycles. The predicted octanol–water partition coefficient (Wildman–Crippen LogP) is 3.79. The lowest BCUT2D eigenvalue weighted by Crippen LogP contribution is -2.66. The van der Waals surface area contributed by atoms with Crippen LogP contribution in [0.4, 0.5) is 0 Å². The number of carbonyl (C=O) groups is 2. The van der Waals surface area contributed by atoms with E-state index in [0.29, 0.717) is 25.2 Å². The third kappa shape index (κ3) is 4.22. The summed E-state index contributed by atoms with van der Waals surface area (Å²) in [4.78, 5) is 34.7. The summed E-state index contributed by atoms with van der Waals surface area (Å²) in [6.07, 6.45) is 5.97. The number of thiazole rings is 1. The van der Waals surface area contributed by atoms with E-state index in [1.165, 1.54) is 6.42 Å². The minimum atomic E-state index is -0.503. The topological polar surface area (TPSA) is 53.5 Å². The minimum Gasteiger partial charge on any atom is -0.342 e. The average Bonchev–Trinajstić information content (AvgIpc) is 3.20. The van der Waals surface area contributed by atoms with E-state index in [1.807, 2.05) is 28.5 Å². The Morgan fingerprint density at radius 3 is 2.48 bits per heavy atom. The zero-order valence-corrected chi connectivity index (χ0v) is 17.9. The van der Waals surface area contributed by atoms with Crippen molar-refractivity contribution in [2.24, 2.45) is 5.41 Å². The van der Waals surface area contributed by atoms with E-state index in [-0.39, 0.29) is 11.8 Å². The van der Waals surface area contributed by atoms with Crippen LogP contribution in [-0.4, -0.2) is 52.8 Å². The van der Waals surface area contributed by atoms with Crippen LogP contribution in [0.2, 0.25) is 0 Å². The molecule has 6 heteroatoms. The molecule has 0 N–H and O–H groups in total. The highest BCUT2D eigenvalue weighted by atomic mass is 32.1. The van der Waals surface area contributed by atoms with Crippen molar-refractivity contribution in [3.05, 3.63) is 52.0 Å². The molecule has 5 nitrogen and oxygen atoms in total. The highest BCUT2D eigenvalue weighted by Crippen LogP contribution is 2.38. The minimum absolute atomic E-state index is 0.0428. The van der Waals surface area contributed by atoms with E-state index in [4.69, 9.17) is 0 Å². The molecular formula is C23H29N3O2S. The molecule has 154 valence electrons. The zero-order chi connectivity index (χ0) is 20.3. The van der Waals surface area contributed by atoms with Crippen LogP contribution in [0, 0.1) is 5.41 Å². The van der Waals surface area contributed by atoms with Crippen LogP contribution in [0.5, 0.6) is 0 Å². The van der Waals surface area contributed by atoms with Crippen molar-refractivity contribution in [1.82, 2.24) is 14.8 Å². The summed E-state index contributed by atoms with van der Waals surface area (Å²) in [6.45, 7) is 4.77. The van der Waals surface area contributed by atoms with Gasteiger partial charge in [0.1, 0.15) is 5.69 Å². The molecule has 1 aromatic heterocycles. The number of aromatic nitrogens is 1. The number of likely N-dealkylation sites (tertiary alicyclic amines) is 2. The molecule has 0 spiro atoms. The number of carbonyl (C=O) groups excluding carboxylic acids is 2. The van der Waals surface area contributed by atoms with Gasteiger partial charge >= 0.3 is 0 Å². The molecule has 2 saturated heterocycles. The first-order chi connectivity index (χ1) is 14.1. The van der Waals surface area contributed by atoms with E-state index in [9.17, 15) is 9.59 Å². The molecular weight excluding hydrogens is 382 g/mol. The maximum absolute atomic E-state index is 13.5. The second-order valence-electron chi connectivity index (χ2n) is 8.33. The van der Waals surface area contributed by atoms with Crippen molar-refractivity contribution in [2.75, 3.05) is 26.2 Å². The lowest BCUT2D eigenvalue weighted by Gasteiger charge is -2.51. The molecule has 0 atom stereocenters. The monoisotopic (exact) mass is 411 g/mol. The van der Waals surface area contributed by atoms with Crippen LogP contribution >= 0.6 is 11.3 Å². The molecule has 2 amide bonds. The number of nitrogens with zero attached hydrogens (tertiary/aromatic N) is 3. The summed E-state index contributed by atoms with van der Waals surface area (Å²) in [5, 5.41) is 2.87. The van der Waals surface area contributed by atoms with Crippen molar-refractivity contribution in [1.29, 1.82) is 0 Å². The van der Waals surface area contributed by atoms with E-state index in [1.54, 1.807) is 16.2 Å². The van der Waals surface area contributed by atoms with Gasteiger partial charge in [0.15, 0.2) is 0 Å². The molecule has 0 bridgehead atoms. The Bertz CT molecular complexity index is 852. The Morgan fingerprint density at radius 2 is 1.79 bits per heavy atom. The number of rotatable bonds is 6. The van der Waals surface area contributed by atoms with Gasteiger partial charge < -0.3 is 9.80 Å². The lowest BCUT2D eigenvalue weighted by atomic mass is 9.73. The SMILES string of the molecule is CCCc1nc(C(=O)N2CC(Cc3ccccc3)(C(=O)N3CCCCC3)C2)cs1. The Kier molecular flexibility index (Phi) is 5.99. The second kappa shape index (κ2) is 8.66. The van der Waals surface area contributed by atoms with Gasteiger partial charge in [0.05, 0.1) is 10.4 Å². The molecule has 0 radical (unpaired) electrons. The van der Waals surface area contributed by atoms with Crippen LogP contribution in [0.15, 0.2) is 35.7 Å². The molecule has 2 aromatic rings. The smallest absolute Gasteiger partial charge is 0.273 e. The molecule has 2 fully saturated rings. The van der Waals surface area contributed by atoms with Crippen LogP contribution in [0.3, 0.4) is 0 Å². The molecule has 29 heavy (non-hydrogen) atoms. The highest BCUT2D eigenvalue weighted by Gasteiger charge is 2.52. The number of amides is 2. The van der Waals surface area contributed by atoms with Gasteiger partial charge in [0.25, 0.3) is 5.91 Å². The molecule has 1 aromatic carbocycles. The molecule has 2 aliphatic heterocycles. The van der Waals surface area contributed by atoms with Gasteiger partial charge in [-0.1, -0.05) is 37.3 Å². The quantitative estimate of drug-likeness (QED) is 0.727. The zero-order valence-electron chi connectivity index (χ0n) is 17.1. The van der Waals surface area contributed by atoms with Gasteiger partial charge in [-0.3, -0.25) is 9.59 Å². The molecule has 0 unspecified atom stereocenters. The molecule has 4 rings (SSSR count). The van der Waals surface area contributed by atoms with Crippen molar-refractivity contribution in [2.45, 2.75) is 45.4 Å². The molecule has 0 saturated carbocycles. The van der Waals surface area contributed by atoms with Gasteiger partial charge in [0.2, 0.25) is 5.91 Å². The van der Waals surface area contributed by atoms with E-state index in [2.05, 4.69) is 24.0 Å². The van der Waals surface area contributed by atoms with Gasteiger partial charge in [0, 0.05) is 31.6 Å². The van der Waals surface area contributed by atoms with Crippen LogP contribution in [-0.2, 0) is 17.6 Å². The lowest BCUT2D eigenvalue weighted by molar-refractivity contribution is -0.151. The first kappa shape index (κ1) is 20.1. The Balaban J connectivity index is 1.50. The number of aryl methyl sites for hydroxylation is 1. The fourth-order valence-electron chi connectivity index (χ4n) is 4.47. The van der Waals surface area contributed by atoms with Crippen LogP contribution < -0.4 is 0 Å². The summed E-state index contributed by atoms with van der Waals surface area (Å²) in [5.41, 5.74) is 1.18. The fourth-order valence-corrected chi connectivity index (χ4v) is 5.34. The van der Waals surface area contributed by atoms with Gasteiger partial charge in [-0.2, -0.15) is 0 Å². The van der Waals surface area contributed by atoms with E-state index >= 15 is 0 Å². The summed E-state index contributed by atoms with van der Waals surface area (Å²) in [7, 11) is 0. The first-order valence-corrected chi connectivity index (χ1v) is 11.6. The summed E-state index contributed by atoms with van der Waals surface area (Å²) in [6, 6.07) is 10.2. The van der Waals surface area contributed by atoms with Crippen molar-refractivity contribution in [3.8, 4) is 0 Å². The molecule has 3 heterocycles. The third-order valence-corrected chi connectivity index (χ3v) is 6.90. The summed E-state index contributed by atoms with van der Waals surface area (Å²) in [5.74, 6) is 0.175. The summed E-state index contributed by atoms with van der Waals surface area (Å²) >= 11 is 1.55. The number of hydrogen-bond donors (Lipinski definition) is 0. The Labute approximate surface area is 176 Å². The van der Waals surface area contributed by atoms with E-state index < -0.39 is 5.41 Å². The van der Waals surface area contributed by atoms with Gasteiger partial charge in [-0.25, -0.2) is 4.98 Å². The predicted molar refractivity (Wildman–Crippen MR) is 115 cm³/mol. The first-order valence-electron chi connectivity index (χ1n) is 10.7. The maximum Gasteiger partial charge on any atom is 0.273 e. The number of benzene rings is 1. The largest absolute Gasteiger partial charge is 0.342 e. The summed E-state index contributed by atoms with van der Waals surface area (Å²) < 4.78 is 0. The Morgan fingerprint density at radius 1 is 1.07 bits per heavy atom. The highest BCUT2D eigenvalue weighted by molar-refractivity contribution is 7.09. The Hall–Kier alpha value is -2.21. The third-order valence-electron chi connectivity index (χ3n) is 5.99. The fraction of sp³-hybridized carbons (Fsp3) is 0.522. The van der Waals surface area contributed by atoms with Crippen molar-refractivity contribution in [3.63, 3.8) is 0 Å². The maximum atomic E-state index is 13.5. The standard InChI is InChI=1S/C23H29N3O2S/c1-2-9-20-24-19(15-29-20)21(27)26-16-23(17-26,14-18-10-5-3-6-11-18)22(28)25-12-7-4-8-13-25/h3,5-6,10-11,15H,2,4,7-9,12-14,16-17H2,1H3. The van der Waals surface area contributed by atoms with E-state index in [0.717, 1.165) is 49.3 Å². The van der Waals surface area contributed by atoms with Crippen molar-refractivity contribution >= 4 is 23.2 Å². The van der Waals surface area contributed by atoms with Crippen LogP contribution in [0.25, 0.3) is 0 Å². The second-order valence-corrected chi connectivity index (χ2v) is 9.28. The average molecular weight is 412 g/mol. The number of piperidine rings is 1. The van der Waals surface area contributed by atoms with Gasteiger partial charge in [-0.15, -0.1) is 11.3 Å². The molecule has 2 aliphatic rings.